The molecule has 23 heavy (non-hydrogen) atoms. The SMILES string of the molecule is CC(C(=O)O)N1Cc2ccc(-c3cc(F)ncc3Cl)cc2C1=O. The third kappa shape index (κ3) is 2.66. The van der Waals surface area contributed by atoms with E-state index in [2.05, 4.69) is 4.98 Å². The highest BCUT2D eigenvalue weighted by atomic mass is 35.5. The number of hydrogen-bond donors (Lipinski definition) is 1. The fourth-order valence-electron chi connectivity index (χ4n) is 2.57. The van der Waals surface area contributed by atoms with E-state index in [9.17, 15) is 14.0 Å². The van der Waals surface area contributed by atoms with Gasteiger partial charge < -0.3 is 10.0 Å². The molecule has 1 N–H and O–H groups in total. The molecule has 1 aromatic heterocycles. The molecule has 0 spiro atoms. The first-order valence-electron chi connectivity index (χ1n) is 6.86. The Morgan fingerprint density at radius 1 is 1.39 bits per heavy atom. The van der Waals surface area contributed by atoms with Gasteiger partial charge in [-0.25, -0.2) is 9.78 Å². The molecule has 3 rings (SSSR count). The summed E-state index contributed by atoms with van der Waals surface area (Å²) >= 11 is 6.04. The van der Waals surface area contributed by atoms with Gasteiger partial charge in [-0.05, 0) is 24.1 Å². The molecule has 1 aliphatic heterocycles. The number of hydrogen-bond acceptors (Lipinski definition) is 3. The number of rotatable bonds is 3. The van der Waals surface area contributed by atoms with Crippen LogP contribution in [-0.2, 0) is 11.3 Å². The van der Waals surface area contributed by atoms with Gasteiger partial charge in [0.25, 0.3) is 5.91 Å². The largest absolute Gasteiger partial charge is 0.480 e. The van der Waals surface area contributed by atoms with Crippen LogP contribution in [0.4, 0.5) is 4.39 Å². The zero-order valence-electron chi connectivity index (χ0n) is 12.1. The number of carboxylic acid groups (broad SMARTS) is 1. The molecule has 7 heteroatoms. The molecule has 5 nitrogen and oxygen atoms in total. The molecule has 118 valence electrons. The number of amides is 1. The molecule has 0 saturated heterocycles. The van der Waals surface area contributed by atoms with Crippen molar-refractivity contribution in [1.82, 2.24) is 9.88 Å². The summed E-state index contributed by atoms with van der Waals surface area (Å²) in [6.45, 7) is 1.70. The topological polar surface area (TPSA) is 70.5 Å². The Morgan fingerprint density at radius 3 is 2.83 bits per heavy atom. The molecule has 0 aliphatic carbocycles. The molecule has 0 bridgehead atoms. The van der Waals surface area contributed by atoms with Gasteiger partial charge in [-0.3, -0.25) is 4.79 Å². The number of pyridine rings is 1. The van der Waals surface area contributed by atoms with E-state index in [4.69, 9.17) is 16.7 Å². The minimum absolute atomic E-state index is 0.236. The second kappa shape index (κ2) is 5.62. The van der Waals surface area contributed by atoms with Gasteiger partial charge >= 0.3 is 5.97 Å². The van der Waals surface area contributed by atoms with Crippen molar-refractivity contribution in [3.8, 4) is 11.1 Å². The highest BCUT2D eigenvalue weighted by Gasteiger charge is 2.34. The van der Waals surface area contributed by atoms with E-state index in [1.54, 1.807) is 18.2 Å². The van der Waals surface area contributed by atoms with Crippen molar-refractivity contribution in [2.75, 3.05) is 0 Å². The Morgan fingerprint density at radius 2 is 2.13 bits per heavy atom. The standard InChI is InChI=1S/C16H12ClFN2O3/c1-8(16(22)23)20-7-10-3-2-9(4-12(10)15(20)21)11-5-14(18)19-6-13(11)17/h2-6,8H,7H2,1H3,(H,22,23). The van der Waals surface area contributed by atoms with Crippen LogP contribution in [-0.4, -0.2) is 32.9 Å². The van der Waals surface area contributed by atoms with Gasteiger partial charge in [-0.2, -0.15) is 4.39 Å². The van der Waals surface area contributed by atoms with Crippen LogP contribution in [0.15, 0.2) is 30.5 Å². The van der Waals surface area contributed by atoms with Gasteiger partial charge in [0, 0.05) is 29.9 Å². The normalized spacial score (nSPS) is 14.7. The molecular formula is C16H12ClFN2O3. The van der Waals surface area contributed by atoms with E-state index >= 15 is 0 Å². The van der Waals surface area contributed by atoms with Crippen LogP contribution in [0.2, 0.25) is 5.02 Å². The minimum Gasteiger partial charge on any atom is -0.480 e. The van der Waals surface area contributed by atoms with Crippen LogP contribution in [0, 0.1) is 5.95 Å². The van der Waals surface area contributed by atoms with E-state index in [-0.39, 0.29) is 17.5 Å². The lowest BCUT2D eigenvalue weighted by molar-refractivity contribution is -0.141. The number of halogens is 2. The van der Waals surface area contributed by atoms with Crippen molar-refractivity contribution < 1.29 is 19.1 Å². The second-order valence-corrected chi connectivity index (χ2v) is 5.71. The maximum absolute atomic E-state index is 13.3. The number of nitrogens with zero attached hydrogens (tertiary/aromatic N) is 2. The lowest BCUT2D eigenvalue weighted by Crippen LogP contribution is -2.38. The van der Waals surface area contributed by atoms with E-state index < -0.39 is 18.0 Å². The summed E-state index contributed by atoms with van der Waals surface area (Å²) in [5.74, 6) is -2.09. The van der Waals surface area contributed by atoms with Gasteiger partial charge in [0.15, 0.2) is 0 Å². The number of carbonyl (C=O) groups is 2. The molecule has 1 unspecified atom stereocenters. The monoisotopic (exact) mass is 334 g/mol. The van der Waals surface area contributed by atoms with Crippen LogP contribution in [0.5, 0.6) is 0 Å². The van der Waals surface area contributed by atoms with Crippen LogP contribution in [0.3, 0.4) is 0 Å². The predicted octanol–water partition coefficient (Wildman–Crippen LogP) is 2.97. The van der Waals surface area contributed by atoms with E-state index in [0.29, 0.717) is 16.7 Å². The van der Waals surface area contributed by atoms with E-state index in [0.717, 1.165) is 5.56 Å². The quantitative estimate of drug-likeness (QED) is 0.876. The first-order valence-corrected chi connectivity index (χ1v) is 7.24. The molecule has 2 heterocycles. The molecule has 1 atom stereocenters. The van der Waals surface area contributed by atoms with Crippen molar-refractivity contribution >= 4 is 23.5 Å². The summed E-state index contributed by atoms with van der Waals surface area (Å²) < 4.78 is 13.3. The number of aromatic nitrogens is 1. The smallest absolute Gasteiger partial charge is 0.326 e. The van der Waals surface area contributed by atoms with Crippen LogP contribution in [0.1, 0.15) is 22.8 Å². The maximum Gasteiger partial charge on any atom is 0.326 e. The molecule has 0 fully saturated rings. The maximum atomic E-state index is 13.3. The second-order valence-electron chi connectivity index (χ2n) is 5.31. The zero-order chi connectivity index (χ0) is 16.7. The van der Waals surface area contributed by atoms with Gasteiger partial charge in [-0.1, -0.05) is 23.7 Å². The summed E-state index contributed by atoms with van der Waals surface area (Å²) in [6.07, 6.45) is 1.21. The number of fused-ring (bicyclic) bond motifs is 1. The summed E-state index contributed by atoms with van der Waals surface area (Å²) in [5, 5.41) is 9.35. The van der Waals surface area contributed by atoms with Crippen molar-refractivity contribution in [2.24, 2.45) is 0 Å². The number of benzene rings is 1. The lowest BCUT2D eigenvalue weighted by Gasteiger charge is -2.19. The minimum atomic E-state index is -1.06. The Hall–Kier alpha value is -2.47. The van der Waals surface area contributed by atoms with Gasteiger partial charge in [0.1, 0.15) is 6.04 Å². The summed E-state index contributed by atoms with van der Waals surface area (Å²) in [4.78, 5) is 28.3. The molecule has 0 saturated carbocycles. The van der Waals surface area contributed by atoms with Gasteiger partial charge in [-0.15, -0.1) is 0 Å². The highest BCUT2D eigenvalue weighted by Crippen LogP contribution is 2.32. The van der Waals surface area contributed by atoms with Crippen molar-refractivity contribution in [3.63, 3.8) is 0 Å². The Labute approximate surface area is 136 Å². The van der Waals surface area contributed by atoms with Crippen molar-refractivity contribution in [3.05, 3.63) is 52.6 Å². The molecule has 1 aliphatic rings. The lowest BCUT2D eigenvalue weighted by atomic mass is 10.0. The van der Waals surface area contributed by atoms with Gasteiger partial charge in [0.05, 0.1) is 5.02 Å². The molecule has 1 aromatic carbocycles. The third-order valence-corrected chi connectivity index (χ3v) is 4.20. The van der Waals surface area contributed by atoms with Crippen LogP contribution >= 0.6 is 11.6 Å². The first kappa shape index (κ1) is 15.4. The predicted molar refractivity (Wildman–Crippen MR) is 81.6 cm³/mol. The highest BCUT2D eigenvalue weighted by molar-refractivity contribution is 6.33. The van der Waals surface area contributed by atoms with Gasteiger partial charge in [0.2, 0.25) is 5.95 Å². The number of carbonyl (C=O) groups excluding carboxylic acids is 1. The van der Waals surface area contributed by atoms with Crippen molar-refractivity contribution in [1.29, 1.82) is 0 Å². The third-order valence-electron chi connectivity index (χ3n) is 3.90. The number of carboxylic acids is 1. The Kier molecular flexibility index (Phi) is 3.77. The van der Waals surface area contributed by atoms with E-state index in [1.165, 1.54) is 24.1 Å². The zero-order valence-corrected chi connectivity index (χ0v) is 12.8. The Bertz CT molecular complexity index is 825. The summed E-state index contributed by atoms with van der Waals surface area (Å²) in [5.41, 5.74) is 2.15. The van der Waals surface area contributed by atoms with Crippen LogP contribution in [0.25, 0.3) is 11.1 Å². The number of aliphatic carboxylic acids is 1. The molecule has 1 amide bonds. The average molecular weight is 335 g/mol. The summed E-state index contributed by atoms with van der Waals surface area (Å²) in [7, 11) is 0. The van der Waals surface area contributed by atoms with Crippen LogP contribution < -0.4 is 0 Å². The molecular weight excluding hydrogens is 323 g/mol. The molecule has 2 aromatic rings. The molecule has 0 radical (unpaired) electrons. The Balaban J connectivity index is 2.01. The summed E-state index contributed by atoms with van der Waals surface area (Å²) in [6, 6.07) is 5.34. The van der Waals surface area contributed by atoms with E-state index in [1.807, 2.05) is 0 Å². The average Bonchev–Trinajstić information content (AvgIpc) is 2.85. The first-order chi connectivity index (χ1) is 10.9. The van der Waals surface area contributed by atoms with Crippen molar-refractivity contribution in [2.45, 2.75) is 19.5 Å². The fraction of sp³-hybridized carbons (Fsp3) is 0.188. The fourth-order valence-corrected chi connectivity index (χ4v) is 2.78.